The van der Waals surface area contributed by atoms with Crippen LogP contribution in [-0.4, -0.2) is 49.3 Å². The summed E-state index contributed by atoms with van der Waals surface area (Å²) in [6.45, 7) is 3.80. The Morgan fingerprint density at radius 3 is 2.32 bits per heavy atom. The molecule has 7 heteroatoms. The summed E-state index contributed by atoms with van der Waals surface area (Å²) in [6.07, 6.45) is 2.12. The maximum absolute atomic E-state index is 13.4. The van der Waals surface area contributed by atoms with Gasteiger partial charge in [-0.1, -0.05) is 53.7 Å². The van der Waals surface area contributed by atoms with E-state index in [1.807, 2.05) is 67.6 Å². The van der Waals surface area contributed by atoms with Gasteiger partial charge in [0.25, 0.3) is 0 Å². The molecule has 1 atom stereocenters. The lowest BCUT2D eigenvalue weighted by Crippen LogP contribution is -2.27. The van der Waals surface area contributed by atoms with E-state index in [0.717, 1.165) is 47.1 Å². The molecule has 1 fully saturated rings. The van der Waals surface area contributed by atoms with Crippen molar-refractivity contribution in [2.75, 3.05) is 26.8 Å². The summed E-state index contributed by atoms with van der Waals surface area (Å²) in [5.41, 5.74) is 6.89. The number of amides is 1. The fourth-order valence-electron chi connectivity index (χ4n) is 5.35. The van der Waals surface area contributed by atoms with E-state index in [1.165, 1.54) is 0 Å². The van der Waals surface area contributed by atoms with Crippen LogP contribution in [-0.2, 0) is 9.57 Å². The molecule has 3 aromatic rings. The highest BCUT2D eigenvalue weighted by molar-refractivity contribution is 6.13. The van der Waals surface area contributed by atoms with Gasteiger partial charge in [0.15, 0.2) is 11.5 Å². The van der Waals surface area contributed by atoms with Gasteiger partial charge in [-0.25, -0.2) is 4.79 Å². The molecule has 0 bridgehead atoms. The minimum absolute atomic E-state index is 0.0226. The Morgan fingerprint density at radius 2 is 1.66 bits per heavy atom. The first-order valence-corrected chi connectivity index (χ1v) is 12.8. The number of oxime groups is 1. The average molecular weight is 508 g/mol. The molecule has 38 heavy (non-hydrogen) atoms. The number of hydrogen-bond donors (Lipinski definition) is 0. The van der Waals surface area contributed by atoms with E-state index in [-0.39, 0.29) is 17.4 Å². The summed E-state index contributed by atoms with van der Waals surface area (Å²) >= 11 is 0. The summed E-state index contributed by atoms with van der Waals surface area (Å²) in [5.74, 6) is 0.0733. The van der Waals surface area contributed by atoms with Crippen molar-refractivity contribution in [1.82, 2.24) is 4.90 Å². The molecule has 0 N–H and O–H groups in total. The molecule has 1 aliphatic heterocycles. The van der Waals surface area contributed by atoms with E-state index in [1.54, 1.807) is 12.0 Å². The van der Waals surface area contributed by atoms with Crippen LogP contribution in [0.15, 0.2) is 65.8 Å². The molecular formula is C31H29N3O4. The average Bonchev–Trinajstić information content (AvgIpc) is 3.59. The van der Waals surface area contributed by atoms with E-state index in [9.17, 15) is 14.9 Å². The molecule has 1 amide bonds. The number of ether oxygens (including phenoxy) is 1. The van der Waals surface area contributed by atoms with Crippen LogP contribution in [0.2, 0.25) is 0 Å². The number of carbonyl (C=O) groups excluding carboxylic acids is 2. The van der Waals surface area contributed by atoms with E-state index < -0.39 is 6.09 Å². The van der Waals surface area contributed by atoms with Crippen LogP contribution in [0.5, 0.6) is 0 Å². The molecule has 1 saturated heterocycles. The molecule has 2 aliphatic rings. The lowest BCUT2D eigenvalue weighted by Gasteiger charge is -2.13. The Kier molecular flexibility index (Phi) is 7.34. The molecule has 0 aromatic heterocycles. The normalized spacial score (nSPS) is 16.1. The maximum atomic E-state index is 13.4. The fraction of sp³-hybridized carbons (Fsp3) is 0.290. The third kappa shape index (κ3) is 4.83. The van der Waals surface area contributed by atoms with Crippen LogP contribution >= 0.6 is 0 Å². The number of nitriles is 1. The zero-order valence-electron chi connectivity index (χ0n) is 21.6. The first-order chi connectivity index (χ1) is 18.5. The van der Waals surface area contributed by atoms with Gasteiger partial charge in [-0.2, -0.15) is 5.26 Å². The maximum Gasteiger partial charge on any atom is 0.436 e. The first-order valence-electron chi connectivity index (χ1n) is 12.8. The van der Waals surface area contributed by atoms with E-state index in [2.05, 4.69) is 11.2 Å². The number of hydrogen-bond acceptors (Lipinski definition) is 6. The molecule has 1 unspecified atom stereocenters. The highest BCUT2D eigenvalue weighted by Crippen LogP contribution is 2.47. The molecule has 3 aromatic carbocycles. The molecule has 5 rings (SSSR count). The molecule has 192 valence electrons. The second kappa shape index (κ2) is 11.0. The second-order valence-corrected chi connectivity index (χ2v) is 9.69. The SMILES string of the molecule is COCCC1c2ccc(C(=O)c3ccccc3C)cc2-c2cc(/C(C#N)=N/OC(=O)N3CCCC3)ccc21. The van der Waals surface area contributed by atoms with Crippen LogP contribution in [0.1, 0.15) is 63.4 Å². The number of methoxy groups -OCH3 is 1. The van der Waals surface area contributed by atoms with Crippen molar-refractivity contribution in [3.63, 3.8) is 0 Å². The van der Waals surface area contributed by atoms with E-state index in [0.29, 0.717) is 36.4 Å². The quantitative estimate of drug-likeness (QED) is 0.174. The lowest BCUT2D eigenvalue weighted by atomic mass is 9.92. The summed E-state index contributed by atoms with van der Waals surface area (Å²) in [7, 11) is 1.68. The van der Waals surface area contributed by atoms with Crippen molar-refractivity contribution >= 4 is 17.6 Å². The smallest absolute Gasteiger partial charge is 0.385 e. The predicted octanol–water partition coefficient (Wildman–Crippen LogP) is 5.83. The molecule has 7 nitrogen and oxygen atoms in total. The highest BCUT2D eigenvalue weighted by atomic mass is 16.7. The third-order valence-corrected chi connectivity index (χ3v) is 7.37. The molecule has 1 aliphatic carbocycles. The minimum atomic E-state index is -0.541. The zero-order valence-corrected chi connectivity index (χ0v) is 21.6. The number of carbonyl (C=O) groups is 2. The van der Waals surface area contributed by atoms with Gasteiger partial charge in [-0.05, 0) is 66.1 Å². The summed E-state index contributed by atoms with van der Waals surface area (Å²) < 4.78 is 5.37. The fourth-order valence-corrected chi connectivity index (χ4v) is 5.35. The Morgan fingerprint density at radius 1 is 1.00 bits per heavy atom. The van der Waals surface area contributed by atoms with Crippen molar-refractivity contribution in [3.05, 3.63) is 94.0 Å². The number of ketones is 1. The molecule has 1 heterocycles. The summed E-state index contributed by atoms with van der Waals surface area (Å²) in [4.78, 5) is 32.3. The zero-order chi connectivity index (χ0) is 26.6. The highest BCUT2D eigenvalue weighted by Gasteiger charge is 2.30. The molecule has 0 saturated carbocycles. The lowest BCUT2D eigenvalue weighted by molar-refractivity contribution is 0.103. The number of fused-ring (bicyclic) bond motifs is 3. The number of nitrogens with zero attached hydrogens (tertiary/aromatic N) is 3. The van der Waals surface area contributed by atoms with Crippen molar-refractivity contribution in [2.45, 2.75) is 32.1 Å². The van der Waals surface area contributed by atoms with Crippen molar-refractivity contribution in [2.24, 2.45) is 5.16 Å². The van der Waals surface area contributed by atoms with E-state index >= 15 is 0 Å². The van der Waals surface area contributed by atoms with E-state index in [4.69, 9.17) is 9.57 Å². The number of rotatable bonds is 7. The number of benzene rings is 3. The Bertz CT molecular complexity index is 1460. The Labute approximate surface area is 222 Å². The largest absolute Gasteiger partial charge is 0.436 e. The van der Waals surface area contributed by atoms with Crippen LogP contribution < -0.4 is 0 Å². The van der Waals surface area contributed by atoms with Gasteiger partial charge in [0.1, 0.15) is 6.07 Å². The number of aryl methyl sites for hydroxylation is 1. The van der Waals surface area contributed by atoms with Gasteiger partial charge in [-0.3, -0.25) is 9.63 Å². The minimum Gasteiger partial charge on any atom is -0.385 e. The van der Waals surface area contributed by atoms with Gasteiger partial charge >= 0.3 is 6.09 Å². The van der Waals surface area contributed by atoms with Gasteiger partial charge in [0.05, 0.1) is 0 Å². The summed E-state index contributed by atoms with van der Waals surface area (Å²) in [6, 6.07) is 21.2. The Balaban J connectivity index is 1.52. The first kappa shape index (κ1) is 25.4. The van der Waals surface area contributed by atoms with Crippen molar-refractivity contribution < 1.29 is 19.2 Å². The van der Waals surface area contributed by atoms with Crippen LogP contribution in [0, 0.1) is 18.3 Å². The summed E-state index contributed by atoms with van der Waals surface area (Å²) in [5, 5.41) is 13.7. The van der Waals surface area contributed by atoms with Gasteiger partial charge in [0.2, 0.25) is 0 Å². The predicted molar refractivity (Wildman–Crippen MR) is 144 cm³/mol. The van der Waals surface area contributed by atoms with Crippen molar-refractivity contribution in [3.8, 4) is 17.2 Å². The van der Waals surface area contributed by atoms with Crippen LogP contribution in [0.25, 0.3) is 11.1 Å². The molecule has 0 radical (unpaired) electrons. The Hall–Kier alpha value is -4.28. The second-order valence-electron chi connectivity index (χ2n) is 9.69. The standard InChI is InChI=1S/C31H29N3O4/c1-20-7-3-4-8-23(20)30(35)22-10-12-25-26(13-16-37-2)24-11-9-21(17-27(24)28(25)18-22)29(19-32)33-38-31(36)34-14-5-6-15-34/h3-4,7-12,17-18,26H,5-6,13-16H2,1-2H3/b33-29+. The van der Waals surface area contributed by atoms with Crippen LogP contribution in [0.3, 0.4) is 0 Å². The van der Waals surface area contributed by atoms with Gasteiger partial charge < -0.3 is 9.64 Å². The molecule has 0 spiro atoms. The molecular weight excluding hydrogens is 478 g/mol. The van der Waals surface area contributed by atoms with Crippen LogP contribution in [0.4, 0.5) is 4.79 Å². The van der Waals surface area contributed by atoms with Gasteiger partial charge in [-0.15, -0.1) is 0 Å². The topological polar surface area (TPSA) is 92.0 Å². The third-order valence-electron chi connectivity index (χ3n) is 7.37. The number of likely N-dealkylation sites (tertiary alicyclic amines) is 1. The van der Waals surface area contributed by atoms with Gasteiger partial charge in [0, 0.05) is 49.4 Å². The van der Waals surface area contributed by atoms with Crippen molar-refractivity contribution in [1.29, 1.82) is 5.26 Å². The monoisotopic (exact) mass is 507 g/mol.